The average molecular weight is 354 g/mol. The quantitative estimate of drug-likeness (QED) is 0.565. The first kappa shape index (κ1) is 19.8. The summed E-state index contributed by atoms with van der Waals surface area (Å²) >= 11 is 0. The van der Waals surface area contributed by atoms with Gasteiger partial charge >= 0.3 is 0 Å². The van der Waals surface area contributed by atoms with Crippen LogP contribution in [-0.4, -0.2) is 44.7 Å². The molecule has 5 nitrogen and oxygen atoms in total. The summed E-state index contributed by atoms with van der Waals surface area (Å²) in [5.41, 5.74) is 2.42. The number of hydrogen-bond donors (Lipinski definition) is 2. The van der Waals surface area contributed by atoms with E-state index in [-0.39, 0.29) is 0 Å². The maximum Gasteiger partial charge on any atom is 0.191 e. The Morgan fingerprint density at radius 1 is 1.08 bits per heavy atom. The fourth-order valence-electron chi connectivity index (χ4n) is 2.68. The third-order valence-corrected chi connectivity index (χ3v) is 4.45. The summed E-state index contributed by atoms with van der Waals surface area (Å²) in [6.07, 6.45) is 0. The molecule has 0 saturated carbocycles. The van der Waals surface area contributed by atoms with Crippen molar-refractivity contribution in [3.63, 3.8) is 0 Å². The zero-order valence-electron chi connectivity index (χ0n) is 16.2. The van der Waals surface area contributed by atoms with Gasteiger partial charge < -0.3 is 15.4 Å². The van der Waals surface area contributed by atoms with Gasteiger partial charge in [0, 0.05) is 38.3 Å². The Balaban J connectivity index is 1.80. The second-order valence-electron chi connectivity index (χ2n) is 6.37. The van der Waals surface area contributed by atoms with Crippen molar-refractivity contribution in [3.05, 3.63) is 65.7 Å². The summed E-state index contributed by atoms with van der Waals surface area (Å²) in [6, 6.07) is 18.9. The van der Waals surface area contributed by atoms with E-state index in [0.29, 0.717) is 12.6 Å². The molecule has 26 heavy (non-hydrogen) atoms. The standard InChI is InChI=1S/C21H30N4O/c1-17(25(3)16-18-10-6-5-7-11-18)14-23-21(22-2)24-15-19-12-8-9-13-20(19)26-4/h5-13,17H,14-16H2,1-4H3,(H2,22,23,24). The van der Waals surface area contributed by atoms with Crippen molar-refractivity contribution in [1.29, 1.82) is 0 Å². The maximum atomic E-state index is 5.39. The first-order valence-corrected chi connectivity index (χ1v) is 8.94. The van der Waals surface area contributed by atoms with E-state index >= 15 is 0 Å². The Morgan fingerprint density at radius 2 is 1.77 bits per heavy atom. The molecule has 1 atom stereocenters. The van der Waals surface area contributed by atoms with Crippen LogP contribution in [0.4, 0.5) is 0 Å². The number of methoxy groups -OCH3 is 1. The summed E-state index contributed by atoms with van der Waals surface area (Å²) in [5, 5.41) is 6.74. The van der Waals surface area contributed by atoms with Crippen LogP contribution in [0.25, 0.3) is 0 Å². The van der Waals surface area contributed by atoms with Crippen molar-refractivity contribution in [2.45, 2.75) is 26.1 Å². The first-order chi connectivity index (χ1) is 12.6. The number of aliphatic imine (C=N–C) groups is 1. The maximum absolute atomic E-state index is 5.39. The van der Waals surface area contributed by atoms with Gasteiger partial charge in [-0.1, -0.05) is 48.5 Å². The van der Waals surface area contributed by atoms with Gasteiger partial charge in [-0.05, 0) is 25.6 Å². The number of para-hydroxylation sites is 1. The van der Waals surface area contributed by atoms with E-state index in [0.717, 1.165) is 30.4 Å². The Bertz CT molecular complexity index is 687. The number of guanidine groups is 1. The highest BCUT2D eigenvalue weighted by atomic mass is 16.5. The fraction of sp³-hybridized carbons (Fsp3) is 0.381. The molecule has 0 aliphatic heterocycles. The van der Waals surface area contributed by atoms with E-state index in [1.165, 1.54) is 5.56 Å². The highest BCUT2D eigenvalue weighted by Crippen LogP contribution is 2.16. The van der Waals surface area contributed by atoms with Crippen LogP contribution in [0.1, 0.15) is 18.1 Å². The minimum absolute atomic E-state index is 0.375. The normalized spacial score (nSPS) is 12.7. The largest absolute Gasteiger partial charge is 0.496 e. The molecular formula is C21H30N4O. The van der Waals surface area contributed by atoms with Crippen LogP contribution in [0, 0.1) is 0 Å². The average Bonchev–Trinajstić information content (AvgIpc) is 2.68. The molecule has 140 valence electrons. The lowest BCUT2D eigenvalue weighted by Crippen LogP contribution is -2.44. The van der Waals surface area contributed by atoms with Crippen LogP contribution in [0.2, 0.25) is 0 Å². The van der Waals surface area contributed by atoms with E-state index in [4.69, 9.17) is 4.74 Å². The molecule has 1 unspecified atom stereocenters. The van der Waals surface area contributed by atoms with Crippen LogP contribution < -0.4 is 15.4 Å². The molecule has 0 fully saturated rings. The lowest BCUT2D eigenvalue weighted by Gasteiger charge is -2.26. The number of hydrogen-bond acceptors (Lipinski definition) is 3. The predicted octanol–water partition coefficient (Wildman–Crippen LogP) is 2.88. The molecule has 0 aliphatic carbocycles. The first-order valence-electron chi connectivity index (χ1n) is 8.94. The van der Waals surface area contributed by atoms with Crippen LogP contribution >= 0.6 is 0 Å². The summed E-state index contributed by atoms with van der Waals surface area (Å²) < 4.78 is 5.39. The molecule has 0 spiro atoms. The minimum atomic E-state index is 0.375. The smallest absolute Gasteiger partial charge is 0.191 e. The lowest BCUT2D eigenvalue weighted by atomic mass is 10.2. The molecule has 2 aromatic rings. The van der Waals surface area contributed by atoms with Crippen molar-refractivity contribution in [2.24, 2.45) is 4.99 Å². The van der Waals surface area contributed by atoms with Crippen LogP contribution in [0.5, 0.6) is 5.75 Å². The number of nitrogens with zero attached hydrogens (tertiary/aromatic N) is 2. The lowest BCUT2D eigenvalue weighted by molar-refractivity contribution is 0.249. The van der Waals surface area contributed by atoms with Gasteiger partial charge in [0.05, 0.1) is 7.11 Å². The highest BCUT2D eigenvalue weighted by Gasteiger charge is 2.10. The molecule has 5 heteroatoms. The van der Waals surface area contributed by atoms with Gasteiger partial charge in [-0.3, -0.25) is 9.89 Å². The molecule has 0 saturated heterocycles. The molecule has 2 rings (SSSR count). The van der Waals surface area contributed by atoms with Crippen molar-refractivity contribution < 1.29 is 4.74 Å². The number of nitrogens with one attached hydrogen (secondary N) is 2. The molecule has 0 bridgehead atoms. The third-order valence-electron chi connectivity index (χ3n) is 4.45. The van der Waals surface area contributed by atoms with Gasteiger partial charge in [-0.25, -0.2) is 0 Å². The van der Waals surface area contributed by atoms with Gasteiger partial charge in [-0.2, -0.15) is 0 Å². The molecular weight excluding hydrogens is 324 g/mol. The van der Waals surface area contributed by atoms with Crippen molar-refractivity contribution in [1.82, 2.24) is 15.5 Å². The predicted molar refractivity (Wildman–Crippen MR) is 109 cm³/mol. The van der Waals surface area contributed by atoms with Gasteiger partial charge in [0.2, 0.25) is 0 Å². The molecule has 0 heterocycles. The second-order valence-corrected chi connectivity index (χ2v) is 6.37. The van der Waals surface area contributed by atoms with Gasteiger partial charge in [-0.15, -0.1) is 0 Å². The topological polar surface area (TPSA) is 48.9 Å². The van der Waals surface area contributed by atoms with Crippen molar-refractivity contribution in [2.75, 3.05) is 27.7 Å². The summed E-state index contributed by atoms with van der Waals surface area (Å²) in [7, 11) is 5.62. The molecule has 0 aromatic heterocycles. The second kappa shape index (κ2) is 10.5. The third kappa shape index (κ3) is 6.08. The molecule has 0 aliphatic rings. The van der Waals surface area contributed by atoms with Crippen LogP contribution in [0.15, 0.2) is 59.6 Å². The zero-order valence-corrected chi connectivity index (χ0v) is 16.2. The van der Waals surface area contributed by atoms with Gasteiger partial charge in [0.1, 0.15) is 5.75 Å². The minimum Gasteiger partial charge on any atom is -0.496 e. The Labute approximate surface area is 157 Å². The van der Waals surface area contributed by atoms with E-state index in [1.807, 2.05) is 24.3 Å². The molecule has 2 aromatic carbocycles. The summed E-state index contributed by atoms with van der Waals surface area (Å²) in [6.45, 7) is 4.62. The SMILES string of the molecule is CN=C(NCc1ccccc1OC)NCC(C)N(C)Cc1ccccc1. The van der Waals surface area contributed by atoms with Crippen molar-refractivity contribution in [3.8, 4) is 5.75 Å². The Morgan fingerprint density at radius 3 is 2.46 bits per heavy atom. The van der Waals surface area contributed by atoms with E-state index in [9.17, 15) is 0 Å². The van der Waals surface area contributed by atoms with E-state index in [1.54, 1.807) is 14.2 Å². The Kier molecular flexibility index (Phi) is 7.96. The summed E-state index contributed by atoms with van der Waals surface area (Å²) in [5.74, 6) is 1.67. The number of benzene rings is 2. The van der Waals surface area contributed by atoms with Gasteiger partial charge in [0.25, 0.3) is 0 Å². The van der Waals surface area contributed by atoms with Crippen molar-refractivity contribution >= 4 is 5.96 Å². The molecule has 2 N–H and O–H groups in total. The monoisotopic (exact) mass is 354 g/mol. The number of likely N-dealkylation sites (N-methyl/N-ethyl adjacent to an activating group) is 1. The van der Waals surface area contributed by atoms with Crippen LogP contribution in [-0.2, 0) is 13.1 Å². The fourth-order valence-corrected chi connectivity index (χ4v) is 2.68. The summed E-state index contributed by atoms with van der Waals surface area (Å²) in [4.78, 5) is 6.64. The zero-order chi connectivity index (χ0) is 18.8. The van der Waals surface area contributed by atoms with Crippen LogP contribution in [0.3, 0.4) is 0 Å². The molecule has 0 radical (unpaired) electrons. The number of ether oxygens (including phenoxy) is 1. The Hall–Kier alpha value is -2.53. The highest BCUT2D eigenvalue weighted by molar-refractivity contribution is 5.79. The molecule has 0 amide bonds. The van der Waals surface area contributed by atoms with E-state index in [2.05, 4.69) is 64.8 Å². The number of rotatable bonds is 8. The van der Waals surface area contributed by atoms with E-state index < -0.39 is 0 Å². The van der Waals surface area contributed by atoms with Gasteiger partial charge in [0.15, 0.2) is 5.96 Å².